The van der Waals surface area contributed by atoms with Gasteiger partial charge in [0.1, 0.15) is 0 Å². The van der Waals surface area contributed by atoms with E-state index >= 15 is 0 Å². The molecule has 1 saturated carbocycles. The van der Waals surface area contributed by atoms with Crippen LogP contribution in [0, 0.1) is 5.92 Å². The molecule has 0 radical (unpaired) electrons. The standard InChI is InChI=1S/C22H24ClN3O/c1-3-14(2)26-20(27)22(17-10-11-17,25-21(26)24)18-8-4-6-15(12-18)16-7-5-9-19(23)13-16/h4-9,12-14,17H,3,10-11H2,1-2H3,(H2,24,25). The Balaban J connectivity index is 1.81. The van der Waals surface area contributed by atoms with Crippen LogP contribution >= 0.6 is 11.6 Å². The highest BCUT2D eigenvalue weighted by Gasteiger charge is 2.58. The third kappa shape index (κ3) is 2.92. The molecule has 2 atom stereocenters. The first-order chi connectivity index (χ1) is 13.0. The maximum atomic E-state index is 13.5. The van der Waals surface area contributed by atoms with Crippen molar-refractivity contribution in [3.63, 3.8) is 0 Å². The molecule has 27 heavy (non-hydrogen) atoms. The minimum absolute atomic E-state index is 0.0140. The minimum atomic E-state index is -0.887. The second-order valence-corrected chi connectivity index (χ2v) is 7.97. The number of benzene rings is 2. The molecular formula is C22H24ClN3O. The fourth-order valence-electron chi connectivity index (χ4n) is 3.97. The number of rotatable bonds is 5. The summed E-state index contributed by atoms with van der Waals surface area (Å²) >= 11 is 6.16. The van der Waals surface area contributed by atoms with Crippen LogP contribution in [0.4, 0.5) is 0 Å². The molecule has 2 unspecified atom stereocenters. The Morgan fingerprint density at radius 1 is 1.22 bits per heavy atom. The van der Waals surface area contributed by atoms with E-state index in [1.807, 2.05) is 49.4 Å². The topological polar surface area (TPSA) is 58.7 Å². The van der Waals surface area contributed by atoms with Gasteiger partial charge >= 0.3 is 0 Å². The number of guanidine groups is 1. The summed E-state index contributed by atoms with van der Waals surface area (Å²) in [6, 6.07) is 15.9. The number of nitrogens with two attached hydrogens (primary N) is 1. The number of hydrogen-bond donors (Lipinski definition) is 1. The Labute approximate surface area is 165 Å². The lowest BCUT2D eigenvalue weighted by molar-refractivity contribution is -0.133. The lowest BCUT2D eigenvalue weighted by Crippen LogP contribution is -2.48. The summed E-state index contributed by atoms with van der Waals surface area (Å²) in [5, 5.41) is 0.692. The molecule has 1 aliphatic carbocycles. The molecule has 0 saturated heterocycles. The van der Waals surface area contributed by atoms with Crippen molar-refractivity contribution in [3.05, 3.63) is 59.1 Å². The van der Waals surface area contributed by atoms with Gasteiger partial charge in [-0.15, -0.1) is 0 Å². The largest absolute Gasteiger partial charge is 0.369 e. The number of carbonyl (C=O) groups is 1. The maximum Gasteiger partial charge on any atom is 0.262 e. The summed E-state index contributed by atoms with van der Waals surface area (Å²) in [4.78, 5) is 20.0. The van der Waals surface area contributed by atoms with Gasteiger partial charge in [0, 0.05) is 11.1 Å². The Kier molecular flexibility index (Phi) is 4.47. The molecule has 1 amide bonds. The lowest BCUT2D eigenvalue weighted by Gasteiger charge is -2.29. The van der Waals surface area contributed by atoms with Gasteiger partial charge in [-0.1, -0.05) is 48.9 Å². The molecule has 0 aromatic heterocycles. The molecule has 2 aromatic rings. The van der Waals surface area contributed by atoms with Gasteiger partial charge in [0.25, 0.3) is 5.91 Å². The summed E-state index contributed by atoms with van der Waals surface area (Å²) < 4.78 is 0. The first-order valence-electron chi connectivity index (χ1n) is 9.53. The highest BCUT2D eigenvalue weighted by molar-refractivity contribution is 6.30. The molecule has 2 aliphatic rings. The summed E-state index contributed by atoms with van der Waals surface area (Å²) in [6.07, 6.45) is 2.84. The van der Waals surface area contributed by atoms with Crippen molar-refractivity contribution in [3.8, 4) is 11.1 Å². The fourth-order valence-corrected chi connectivity index (χ4v) is 4.16. The first-order valence-corrected chi connectivity index (χ1v) is 9.90. The Hall–Kier alpha value is -2.33. The van der Waals surface area contributed by atoms with E-state index in [0.29, 0.717) is 11.0 Å². The molecule has 4 rings (SSSR count). The van der Waals surface area contributed by atoms with Crippen LogP contribution in [0.1, 0.15) is 38.7 Å². The SMILES string of the molecule is CCC(C)N1C(=O)C(c2cccc(-c3cccc(Cl)c3)c2)(C2CC2)N=C1N. The zero-order valence-electron chi connectivity index (χ0n) is 15.7. The van der Waals surface area contributed by atoms with E-state index in [0.717, 1.165) is 36.0 Å². The van der Waals surface area contributed by atoms with E-state index < -0.39 is 5.54 Å². The van der Waals surface area contributed by atoms with Crippen LogP contribution in [0.3, 0.4) is 0 Å². The molecule has 1 heterocycles. The normalized spacial score (nSPS) is 23.4. The van der Waals surface area contributed by atoms with Gasteiger partial charge in [0.05, 0.1) is 0 Å². The summed E-state index contributed by atoms with van der Waals surface area (Å²) in [6.45, 7) is 4.08. The van der Waals surface area contributed by atoms with E-state index in [2.05, 4.69) is 13.0 Å². The predicted molar refractivity (Wildman–Crippen MR) is 110 cm³/mol. The van der Waals surface area contributed by atoms with Crippen molar-refractivity contribution < 1.29 is 4.79 Å². The van der Waals surface area contributed by atoms with Crippen molar-refractivity contribution in [2.24, 2.45) is 16.6 Å². The Morgan fingerprint density at radius 3 is 2.52 bits per heavy atom. The fraction of sp³-hybridized carbons (Fsp3) is 0.364. The summed E-state index contributed by atoms with van der Waals surface area (Å²) in [5.41, 5.74) is 8.31. The third-order valence-corrected chi connectivity index (χ3v) is 5.98. The van der Waals surface area contributed by atoms with Gasteiger partial charge in [-0.3, -0.25) is 9.69 Å². The lowest BCUT2D eigenvalue weighted by atomic mass is 9.83. The number of halogens is 1. The van der Waals surface area contributed by atoms with Gasteiger partial charge in [-0.2, -0.15) is 0 Å². The zero-order chi connectivity index (χ0) is 19.2. The molecule has 2 N–H and O–H groups in total. The molecule has 5 heteroatoms. The van der Waals surface area contributed by atoms with E-state index in [1.54, 1.807) is 4.90 Å². The number of aliphatic imine (C=N–C) groups is 1. The first kappa shape index (κ1) is 18.1. The van der Waals surface area contributed by atoms with Crippen LogP contribution in [-0.4, -0.2) is 22.8 Å². The van der Waals surface area contributed by atoms with E-state index in [-0.39, 0.29) is 17.9 Å². The number of amides is 1. The molecule has 0 spiro atoms. The molecule has 2 aromatic carbocycles. The zero-order valence-corrected chi connectivity index (χ0v) is 16.4. The van der Waals surface area contributed by atoms with Crippen LogP contribution in [0.5, 0.6) is 0 Å². The summed E-state index contributed by atoms with van der Waals surface area (Å²) in [5.74, 6) is 0.571. The van der Waals surface area contributed by atoms with Gasteiger partial charge < -0.3 is 5.73 Å². The van der Waals surface area contributed by atoms with Crippen LogP contribution in [0.2, 0.25) is 5.02 Å². The van der Waals surface area contributed by atoms with Gasteiger partial charge in [-0.25, -0.2) is 4.99 Å². The number of nitrogens with zero attached hydrogens (tertiary/aromatic N) is 2. The average Bonchev–Trinajstić information content (AvgIpc) is 3.48. The molecule has 4 nitrogen and oxygen atoms in total. The van der Waals surface area contributed by atoms with Crippen molar-refractivity contribution >= 4 is 23.5 Å². The van der Waals surface area contributed by atoms with Crippen LogP contribution in [0.15, 0.2) is 53.5 Å². The van der Waals surface area contributed by atoms with Gasteiger partial charge in [0.2, 0.25) is 0 Å². The average molecular weight is 382 g/mol. The Morgan fingerprint density at radius 2 is 1.89 bits per heavy atom. The molecular weight excluding hydrogens is 358 g/mol. The van der Waals surface area contributed by atoms with Crippen molar-refractivity contribution in [1.29, 1.82) is 0 Å². The van der Waals surface area contributed by atoms with Crippen molar-refractivity contribution in [2.75, 3.05) is 0 Å². The van der Waals surface area contributed by atoms with Crippen LogP contribution in [-0.2, 0) is 10.3 Å². The highest BCUT2D eigenvalue weighted by Crippen LogP contribution is 2.52. The van der Waals surface area contributed by atoms with Crippen molar-refractivity contribution in [2.45, 2.75) is 44.7 Å². The second kappa shape index (κ2) is 6.68. The molecule has 1 aliphatic heterocycles. The van der Waals surface area contributed by atoms with E-state index in [9.17, 15) is 4.79 Å². The van der Waals surface area contributed by atoms with Crippen LogP contribution < -0.4 is 5.73 Å². The van der Waals surface area contributed by atoms with Gasteiger partial charge in [-0.05, 0) is 67.0 Å². The number of carbonyl (C=O) groups excluding carboxylic acids is 1. The molecule has 140 valence electrons. The highest BCUT2D eigenvalue weighted by atomic mass is 35.5. The summed E-state index contributed by atoms with van der Waals surface area (Å²) in [7, 11) is 0. The van der Waals surface area contributed by atoms with Crippen molar-refractivity contribution in [1.82, 2.24) is 4.90 Å². The third-order valence-electron chi connectivity index (χ3n) is 5.74. The maximum absolute atomic E-state index is 13.5. The minimum Gasteiger partial charge on any atom is -0.369 e. The molecule has 0 bridgehead atoms. The van der Waals surface area contributed by atoms with E-state index in [4.69, 9.17) is 22.3 Å². The second-order valence-electron chi connectivity index (χ2n) is 7.53. The predicted octanol–water partition coefficient (Wildman–Crippen LogP) is 4.57. The van der Waals surface area contributed by atoms with Crippen LogP contribution in [0.25, 0.3) is 11.1 Å². The van der Waals surface area contributed by atoms with E-state index in [1.165, 1.54) is 0 Å². The Bertz CT molecular complexity index is 921. The molecule has 1 fully saturated rings. The quantitative estimate of drug-likeness (QED) is 0.824. The number of hydrogen-bond acceptors (Lipinski definition) is 3. The smallest absolute Gasteiger partial charge is 0.262 e. The van der Waals surface area contributed by atoms with Gasteiger partial charge in [0.15, 0.2) is 11.5 Å². The monoisotopic (exact) mass is 381 g/mol.